The number of rotatable bonds is 11. The zero-order valence-electron chi connectivity index (χ0n) is 18.6. The largest absolute Gasteiger partial charge is 0.346 e. The topological polar surface area (TPSA) is 67.2 Å². The molecular formula is C23H36N4O2. The fraction of sp³-hybridized carbons (Fsp3) is 0.609. The van der Waals surface area contributed by atoms with Crippen LogP contribution in [-0.4, -0.2) is 39.4 Å². The first-order chi connectivity index (χ1) is 14.0. The maximum absolute atomic E-state index is 13.0. The number of fused-ring (bicyclic) bond motifs is 1. The number of aromatic nitrogens is 2. The lowest BCUT2D eigenvalue weighted by Crippen LogP contribution is -2.37. The Bertz CT molecular complexity index is 804. The van der Waals surface area contributed by atoms with Crippen LogP contribution < -0.4 is 5.32 Å². The van der Waals surface area contributed by atoms with Crippen molar-refractivity contribution in [3.63, 3.8) is 0 Å². The Morgan fingerprint density at radius 2 is 1.69 bits per heavy atom. The van der Waals surface area contributed by atoms with Gasteiger partial charge in [-0.2, -0.15) is 0 Å². The van der Waals surface area contributed by atoms with Gasteiger partial charge in [-0.3, -0.25) is 9.59 Å². The lowest BCUT2D eigenvalue weighted by atomic mass is 10.0. The van der Waals surface area contributed by atoms with Gasteiger partial charge in [0.2, 0.25) is 11.8 Å². The van der Waals surface area contributed by atoms with E-state index in [4.69, 9.17) is 4.98 Å². The van der Waals surface area contributed by atoms with Crippen molar-refractivity contribution < 1.29 is 9.59 Å². The van der Waals surface area contributed by atoms with Crippen LogP contribution in [0, 0.1) is 5.92 Å². The van der Waals surface area contributed by atoms with E-state index in [0.717, 1.165) is 55.6 Å². The third-order valence-corrected chi connectivity index (χ3v) is 5.42. The van der Waals surface area contributed by atoms with Crippen molar-refractivity contribution in [2.75, 3.05) is 13.1 Å². The SMILES string of the molecule is CCCN(CCC)C(=O)Cn1c(C(C)NC(=O)C(CC)CC)nc2ccccc21. The smallest absolute Gasteiger partial charge is 0.242 e. The summed E-state index contributed by atoms with van der Waals surface area (Å²) in [4.78, 5) is 32.3. The maximum Gasteiger partial charge on any atom is 0.242 e. The van der Waals surface area contributed by atoms with E-state index < -0.39 is 0 Å². The summed E-state index contributed by atoms with van der Waals surface area (Å²) in [5.41, 5.74) is 1.77. The Morgan fingerprint density at radius 1 is 1.07 bits per heavy atom. The molecule has 1 atom stereocenters. The van der Waals surface area contributed by atoms with Crippen molar-refractivity contribution in [2.24, 2.45) is 5.92 Å². The van der Waals surface area contributed by atoms with E-state index >= 15 is 0 Å². The minimum Gasteiger partial charge on any atom is -0.346 e. The minimum atomic E-state index is -0.269. The molecule has 6 nitrogen and oxygen atoms in total. The van der Waals surface area contributed by atoms with Crippen LogP contribution in [0.3, 0.4) is 0 Å². The van der Waals surface area contributed by atoms with Crippen molar-refractivity contribution in [2.45, 2.75) is 72.9 Å². The van der Waals surface area contributed by atoms with Gasteiger partial charge in [0.1, 0.15) is 12.4 Å². The summed E-state index contributed by atoms with van der Waals surface area (Å²) in [6.45, 7) is 11.9. The van der Waals surface area contributed by atoms with Gasteiger partial charge in [-0.1, -0.05) is 39.8 Å². The monoisotopic (exact) mass is 400 g/mol. The molecule has 0 saturated heterocycles. The van der Waals surface area contributed by atoms with E-state index in [1.54, 1.807) is 0 Å². The zero-order chi connectivity index (χ0) is 21.4. The Morgan fingerprint density at radius 3 is 2.28 bits per heavy atom. The van der Waals surface area contributed by atoms with Crippen molar-refractivity contribution in [3.8, 4) is 0 Å². The van der Waals surface area contributed by atoms with E-state index in [1.807, 2.05) is 54.5 Å². The molecule has 1 heterocycles. The Kier molecular flexibility index (Phi) is 8.68. The fourth-order valence-corrected chi connectivity index (χ4v) is 3.78. The fourth-order valence-electron chi connectivity index (χ4n) is 3.78. The molecule has 2 rings (SSSR count). The average molecular weight is 401 g/mol. The minimum absolute atomic E-state index is 0.00140. The van der Waals surface area contributed by atoms with Crippen molar-refractivity contribution >= 4 is 22.8 Å². The van der Waals surface area contributed by atoms with E-state index in [1.165, 1.54) is 0 Å². The van der Waals surface area contributed by atoms with Crippen LogP contribution >= 0.6 is 0 Å². The maximum atomic E-state index is 13.0. The van der Waals surface area contributed by atoms with Gasteiger partial charge in [-0.25, -0.2) is 4.98 Å². The molecule has 0 saturated carbocycles. The summed E-state index contributed by atoms with van der Waals surface area (Å²) in [6, 6.07) is 7.56. The number of benzene rings is 1. The standard InChI is InChI=1S/C23H36N4O2/c1-6-14-26(15-7-2)21(28)16-27-20-13-11-10-12-19(20)25-22(27)17(5)24-23(29)18(8-3)9-4/h10-13,17-18H,6-9,14-16H2,1-5H3,(H,24,29). The van der Waals surface area contributed by atoms with Crippen LogP contribution in [-0.2, 0) is 16.1 Å². The van der Waals surface area contributed by atoms with Gasteiger partial charge in [-0.05, 0) is 44.7 Å². The molecule has 0 aliphatic carbocycles. The highest BCUT2D eigenvalue weighted by atomic mass is 16.2. The van der Waals surface area contributed by atoms with Gasteiger partial charge >= 0.3 is 0 Å². The number of hydrogen-bond donors (Lipinski definition) is 1. The second-order valence-electron chi connectivity index (χ2n) is 7.67. The molecule has 1 N–H and O–H groups in total. The van der Waals surface area contributed by atoms with Crippen LogP contribution in [0.2, 0.25) is 0 Å². The molecule has 0 spiro atoms. The highest BCUT2D eigenvalue weighted by Gasteiger charge is 2.23. The number of hydrogen-bond acceptors (Lipinski definition) is 3. The Labute approximate surface area is 174 Å². The van der Waals surface area contributed by atoms with Gasteiger partial charge in [-0.15, -0.1) is 0 Å². The second kappa shape index (κ2) is 11.0. The van der Waals surface area contributed by atoms with Crippen molar-refractivity contribution in [3.05, 3.63) is 30.1 Å². The van der Waals surface area contributed by atoms with E-state index in [2.05, 4.69) is 19.2 Å². The lowest BCUT2D eigenvalue weighted by Gasteiger charge is -2.23. The molecule has 0 bridgehead atoms. The first-order valence-corrected chi connectivity index (χ1v) is 11.0. The molecule has 2 amide bonds. The van der Waals surface area contributed by atoms with Crippen molar-refractivity contribution in [1.29, 1.82) is 0 Å². The summed E-state index contributed by atoms with van der Waals surface area (Å²) >= 11 is 0. The van der Waals surface area contributed by atoms with Crippen LogP contribution in [0.25, 0.3) is 11.0 Å². The van der Waals surface area contributed by atoms with Gasteiger partial charge in [0.05, 0.1) is 17.1 Å². The zero-order valence-corrected chi connectivity index (χ0v) is 18.6. The third kappa shape index (κ3) is 5.58. The van der Waals surface area contributed by atoms with Gasteiger partial charge in [0.25, 0.3) is 0 Å². The second-order valence-corrected chi connectivity index (χ2v) is 7.67. The molecule has 0 aliphatic rings. The highest BCUT2D eigenvalue weighted by Crippen LogP contribution is 2.22. The van der Waals surface area contributed by atoms with Crippen molar-refractivity contribution in [1.82, 2.24) is 19.8 Å². The van der Waals surface area contributed by atoms with E-state index in [0.29, 0.717) is 0 Å². The molecule has 2 aromatic rings. The number of carbonyl (C=O) groups is 2. The normalized spacial score (nSPS) is 12.3. The predicted octanol–water partition coefficient (Wildman–Crippen LogP) is 4.30. The molecule has 1 unspecified atom stereocenters. The number of nitrogens with zero attached hydrogens (tertiary/aromatic N) is 3. The number of carbonyl (C=O) groups excluding carboxylic acids is 2. The van der Waals surface area contributed by atoms with Gasteiger partial charge in [0, 0.05) is 19.0 Å². The van der Waals surface area contributed by atoms with E-state index in [9.17, 15) is 9.59 Å². The van der Waals surface area contributed by atoms with E-state index in [-0.39, 0.29) is 30.3 Å². The highest BCUT2D eigenvalue weighted by molar-refractivity contribution is 5.82. The summed E-state index contributed by atoms with van der Waals surface area (Å²) in [5.74, 6) is 0.871. The Balaban J connectivity index is 2.33. The predicted molar refractivity (Wildman–Crippen MR) is 118 cm³/mol. The molecule has 29 heavy (non-hydrogen) atoms. The first-order valence-electron chi connectivity index (χ1n) is 11.0. The molecular weight excluding hydrogens is 364 g/mol. The van der Waals surface area contributed by atoms with Crippen LogP contribution in [0.1, 0.15) is 72.2 Å². The van der Waals surface area contributed by atoms with Gasteiger partial charge < -0.3 is 14.8 Å². The number of para-hydroxylation sites is 2. The summed E-state index contributed by atoms with van der Waals surface area (Å²) in [6.07, 6.45) is 3.50. The number of amides is 2. The van der Waals surface area contributed by atoms with Crippen LogP contribution in [0.5, 0.6) is 0 Å². The molecule has 0 fully saturated rings. The van der Waals surface area contributed by atoms with Crippen LogP contribution in [0.15, 0.2) is 24.3 Å². The molecule has 160 valence electrons. The summed E-state index contributed by atoms with van der Waals surface area (Å²) in [7, 11) is 0. The first kappa shape index (κ1) is 22.9. The number of imidazole rings is 1. The van der Waals surface area contributed by atoms with Crippen LogP contribution in [0.4, 0.5) is 0 Å². The summed E-state index contributed by atoms with van der Waals surface area (Å²) < 4.78 is 1.97. The van der Waals surface area contributed by atoms with Gasteiger partial charge in [0.15, 0.2) is 0 Å². The Hall–Kier alpha value is -2.37. The number of nitrogens with one attached hydrogen (secondary N) is 1. The molecule has 0 aliphatic heterocycles. The lowest BCUT2D eigenvalue weighted by molar-refractivity contribution is -0.131. The summed E-state index contributed by atoms with van der Waals surface area (Å²) in [5, 5.41) is 3.11. The molecule has 6 heteroatoms. The quantitative estimate of drug-likeness (QED) is 0.611. The average Bonchev–Trinajstić information content (AvgIpc) is 3.07. The molecule has 1 aromatic heterocycles. The third-order valence-electron chi connectivity index (χ3n) is 5.42. The molecule has 1 aromatic carbocycles. The molecule has 0 radical (unpaired) electrons.